The lowest BCUT2D eigenvalue weighted by atomic mass is 9.88. The van der Waals surface area contributed by atoms with Gasteiger partial charge in [0.1, 0.15) is 29.8 Å². The predicted molar refractivity (Wildman–Crippen MR) is 198 cm³/mol. The molecule has 0 bridgehead atoms. The first kappa shape index (κ1) is 42.0. The monoisotopic (exact) mass is 723 g/mol. The summed E-state index contributed by atoms with van der Waals surface area (Å²) in [4.78, 5) is 68.6. The van der Waals surface area contributed by atoms with E-state index in [9.17, 15) is 29.1 Å². The number of hydrogen-bond acceptors (Lipinski definition) is 9. The normalized spacial score (nSPS) is 16.3. The highest BCUT2D eigenvalue weighted by Gasteiger charge is 2.40. The SMILES string of the molecule is CC(C)C[C@@H](NC(=O)[C@@H](Cc1ccccc1)NC(=O)[C@@H](Cc1ccccc1)OCCN)C(=O)N[C@H](CCCCN)C(=O)N1CCC(N)(C(=O)O)CC1. The van der Waals surface area contributed by atoms with E-state index in [2.05, 4.69) is 16.0 Å². The van der Waals surface area contributed by atoms with Crippen molar-refractivity contribution in [1.82, 2.24) is 20.9 Å². The highest BCUT2D eigenvalue weighted by molar-refractivity contribution is 5.95. The summed E-state index contributed by atoms with van der Waals surface area (Å²) in [5.41, 5.74) is 17.7. The van der Waals surface area contributed by atoms with E-state index in [1.807, 2.05) is 74.5 Å². The number of carbonyl (C=O) groups is 5. The Bertz CT molecular complexity index is 1440. The maximum atomic E-state index is 14.1. The summed E-state index contributed by atoms with van der Waals surface area (Å²) < 4.78 is 5.83. The second-order valence-corrected chi connectivity index (χ2v) is 13.9. The van der Waals surface area contributed by atoms with Gasteiger partial charge in [-0.25, -0.2) is 0 Å². The number of aliphatic carboxylic acids is 1. The summed E-state index contributed by atoms with van der Waals surface area (Å²) in [5.74, 6) is -3.07. The molecule has 2 aromatic rings. The molecule has 0 aromatic heterocycles. The Morgan fingerprint density at radius 3 is 1.85 bits per heavy atom. The van der Waals surface area contributed by atoms with Crippen LogP contribution in [0.15, 0.2) is 60.7 Å². The van der Waals surface area contributed by atoms with Crippen molar-refractivity contribution in [2.45, 2.75) is 95.0 Å². The van der Waals surface area contributed by atoms with Crippen LogP contribution in [0.4, 0.5) is 0 Å². The maximum absolute atomic E-state index is 14.1. The van der Waals surface area contributed by atoms with Crippen molar-refractivity contribution in [1.29, 1.82) is 0 Å². The molecule has 0 saturated carbocycles. The number of carbonyl (C=O) groups excluding carboxylic acids is 4. The summed E-state index contributed by atoms with van der Waals surface area (Å²) in [5, 5.41) is 18.1. The molecule has 1 aliphatic heterocycles. The van der Waals surface area contributed by atoms with Crippen molar-refractivity contribution in [3.8, 4) is 0 Å². The molecular formula is C38H57N7O7. The summed E-state index contributed by atoms with van der Waals surface area (Å²) in [6.45, 7) is 4.87. The smallest absolute Gasteiger partial charge is 0.323 e. The average molecular weight is 724 g/mol. The zero-order valence-corrected chi connectivity index (χ0v) is 30.4. The van der Waals surface area contributed by atoms with Crippen LogP contribution in [0.1, 0.15) is 63.5 Å². The number of benzene rings is 2. The van der Waals surface area contributed by atoms with Crippen molar-refractivity contribution in [3.63, 3.8) is 0 Å². The van der Waals surface area contributed by atoms with Gasteiger partial charge in [0.2, 0.25) is 23.6 Å². The number of rotatable bonds is 21. The van der Waals surface area contributed by atoms with E-state index in [0.29, 0.717) is 25.8 Å². The van der Waals surface area contributed by atoms with Gasteiger partial charge >= 0.3 is 5.97 Å². The standard InChI is InChI=1S/C38H57N7O7/c1-26(2)23-30(33(46)42-29(15-9-10-18-39)36(49)45-20-16-38(41,17-21-45)37(50)51)43-34(47)31(24-27-11-5-3-6-12-27)44-35(48)32(52-22-19-40)25-28-13-7-4-8-14-28/h3-8,11-14,26,29-32H,9-10,15-25,39-41H2,1-2H3,(H,42,46)(H,43,47)(H,44,48)(H,50,51)/t29-,30-,31-,32-/m1/s1. The Balaban J connectivity index is 1.81. The van der Waals surface area contributed by atoms with Crippen LogP contribution in [0.3, 0.4) is 0 Å². The molecule has 4 amide bonds. The number of nitrogens with zero attached hydrogens (tertiary/aromatic N) is 1. The molecule has 14 nitrogen and oxygen atoms in total. The molecule has 52 heavy (non-hydrogen) atoms. The lowest BCUT2D eigenvalue weighted by Gasteiger charge is -2.38. The topological polar surface area (TPSA) is 232 Å². The van der Waals surface area contributed by atoms with Gasteiger partial charge in [0.25, 0.3) is 0 Å². The van der Waals surface area contributed by atoms with Crippen LogP contribution < -0.4 is 33.2 Å². The molecule has 1 saturated heterocycles. The van der Waals surface area contributed by atoms with Crippen molar-refractivity contribution in [3.05, 3.63) is 71.8 Å². The zero-order chi connectivity index (χ0) is 38.1. The van der Waals surface area contributed by atoms with E-state index in [1.54, 1.807) is 0 Å². The number of piperidine rings is 1. The number of carboxylic acid groups (broad SMARTS) is 1. The van der Waals surface area contributed by atoms with E-state index >= 15 is 0 Å². The number of hydrogen-bond donors (Lipinski definition) is 7. The average Bonchev–Trinajstić information content (AvgIpc) is 3.13. The molecule has 3 rings (SSSR count). The second kappa shape index (κ2) is 21.2. The van der Waals surface area contributed by atoms with E-state index in [-0.39, 0.29) is 70.2 Å². The van der Waals surface area contributed by atoms with Crippen molar-refractivity contribution < 1.29 is 33.8 Å². The minimum atomic E-state index is -1.41. The molecule has 286 valence electrons. The number of likely N-dealkylation sites (tertiary alicyclic amines) is 1. The van der Waals surface area contributed by atoms with E-state index in [0.717, 1.165) is 11.1 Å². The lowest BCUT2D eigenvalue weighted by molar-refractivity contribution is -0.148. The molecule has 10 N–H and O–H groups in total. The molecule has 1 heterocycles. The van der Waals surface area contributed by atoms with E-state index in [1.165, 1.54) is 4.90 Å². The summed E-state index contributed by atoms with van der Waals surface area (Å²) in [6, 6.07) is 15.6. The number of ether oxygens (including phenoxy) is 1. The van der Waals surface area contributed by atoms with Crippen LogP contribution >= 0.6 is 0 Å². The molecule has 4 atom stereocenters. The molecule has 14 heteroatoms. The fourth-order valence-electron chi connectivity index (χ4n) is 6.15. The van der Waals surface area contributed by atoms with Crippen LogP contribution in [-0.4, -0.2) is 102 Å². The zero-order valence-electron chi connectivity index (χ0n) is 30.4. The van der Waals surface area contributed by atoms with Crippen LogP contribution in [0, 0.1) is 5.92 Å². The van der Waals surface area contributed by atoms with E-state index < -0.39 is 53.5 Å². The maximum Gasteiger partial charge on any atom is 0.323 e. The quantitative estimate of drug-likeness (QED) is 0.0898. The fraction of sp³-hybridized carbons (Fsp3) is 0.553. The summed E-state index contributed by atoms with van der Waals surface area (Å²) in [6.07, 6.45) is 1.46. The Hall–Kier alpha value is -4.37. The highest BCUT2D eigenvalue weighted by atomic mass is 16.5. The Kier molecular flexibility index (Phi) is 17.2. The number of unbranched alkanes of at least 4 members (excludes halogenated alkanes) is 1. The first-order chi connectivity index (χ1) is 24.9. The number of carboxylic acids is 1. The first-order valence-electron chi connectivity index (χ1n) is 18.2. The van der Waals surface area contributed by atoms with Gasteiger partial charge in [-0.05, 0) is 62.1 Å². The minimum absolute atomic E-state index is 0.0136. The summed E-state index contributed by atoms with van der Waals surface area (Å²) >= 11 is 0. The van der Waals surface area contributed by atoms with Gasteiger partial charge in [0.15, 0.2) is 0 Å². The Morgan fingerprint density at radius 2 is 1.31 bits per heavy atom. The molecule has 1 fully saturated rings. The molecule has 0 radical (unpaired) electrons. The minimum Gasteiger partial charge on any atom is -0.480 e. The highest BCUT2D eigenvalue weighted by Crippen LogP contribution is 2.21. The van der Waals surface area contributed by atoms with Crippen LogP contribution in [-0.2, 0) is 41.6 Å². The Morgan fingerprint density at radius 1 is 0.769 bits per heavy atom. The molecule has 0 aliphatic carbocycles. The third-order valence-corrected chi connectivity index (χ3v) is 9.20. The molecular weight excluding hydrogens is 666 g/mol. The molecule has 0 unspecified atom stereocenters. The van der Waals surface area contributed by atoms with Gasteiger partial charge in [-0.15, -0.1) is 0 Å². The van der Waals surface area contributed by atoms with Gasteiger partial charge in [0.05, 0.1) is 6.61 Å². The second-order valence-electron chi connectivity index (χ2n) is 13.9. The van der Waals surface area contributed by atoms with Gasteiger partial charge in [0, 0.05) is 32.5 Å². The van der Waals surface area contributed by atoms with Crippen molar-refractivity contribution >= 4 is 29.6 Å². The fourth-order valence-corrected chi connectivity index (χ4v) is 6.15. The third-order valence-electron chi connectivity index (χ3n) is 9.20. The van der Waals surface area contributed by atoms with Crippen LogP contribution in [0.5, 0.6) is 0 Å². The largest absolute Gasteiger partial charge is 0.480 e. The van der Waals surface area contributed by atoms with Crippen LogP contribution in [0.25, 0.3) is 0 Å². The van der Waals surface area contributed by atoms with Gasteiger partial charge in [-0.3, -0.25) is 24.0 Å². The van der Waals surface area contributed by atoms with Gasteiger partial charge in [-0.1, -0.05) is 74.5 Å². The van der Waals surface area contributed by atoms with Gasteiger partial charge < -0.3 is 47.9 Å². The molecule has 1 aliphatic rings. The van der Waals surface area contributed by atoms with Crippen molar-refractivity contribution in [2.75, 3.05) is 32.8 Å². The predicted octanol–water partition coefficient (Wildman–Crippen LogP) is 0.850. The lowest BCUT2D eigenvalue weighted by Crippen LogP contribution is -2.60. The first-order valence-corrected chi connectivity index (χ1v) is 18.2. The van der Waals surface area contributed by atoms with Gasteiger partial charge in [-0.2, -0.15) is 0 Å². The number of nitrogens with two attached hydrogens (primary N) is 3. The third kappa shape index (κ3) is 13.3. The number of nitrogens with one attached hydrogen (secondary N) is 3. The molecule has 2 aromatic carbocycles. The molecule has 0 spiro atoms. The number of amides is 4. The Labute approximate surface area is 306 Å². The summed E-state index contributed by atoms with van der Waals surface area (Å²) in [7, 11) is 0. The van der Waals surface area contributed by atoms with Crippen molar-refractivity contribution in [2.24, 2.45) is 23.1 Å². The van der Waals surface area contributed by atoms with Crippen LogP contribution in [0.2, 0.25) is 0 Å². The van der Waals surface area contributed by atoms with E-state index in [4.69, 9.17) is 21.9 Å².